The van der Waals surface area contributed by atoms with Gasteiger partial charge >= 0.3 is 6.09 Å². The zero-order valence-electron chi connectivity index (χ0n) is 24.3. The molecular formula is C33H35N5O3. The van der Waals surface area contributed by atoms with Gasteiger partial charge in [-0.15, -0.1) is 0 Å². The van der Waals surface area contributed by atoms with E-state index in [0.29, 0.717) is 12.8 Å². The monoisotopic (exact) mass is 549 g/mol. The number of hydrogen-bond donors (Lipinski definition) is 2. The topological polar surface area (TPSA) is 102 Å². The maximum absolute atomic E-state index is 12.8. The minimum absolute atomic E-state index is 0.394. The molecule has 1 fully saturated rings. The fraction of sp³-hybridized carbons (Fsp3) is 0.333. The number of carbonyl (C=O) groups excluding carboxylic acids is 1. The van der Waals surface area contributed by atoms with Crippen molar-refractivity contribution >= 4 is 22.8 Å². The van der Waals surface area contributed by atoms with Gasteiger partial charge in [-0.3, -0.25) is 0 Å². The molecule has 1 aliphatic rings. The van der Waals surface area contributed by atoms with Crippen molar-refractivity contribution in [1.82, 2.24) is 24.9 Å². The Kier molecular flexibility index (Phi) is 6.15. The second-order valence-corrected chi connectivity index (χ2v) is 12.5. The third-order valence-corrected chi connectivity index (χ3v) is 7.69. The number of aryl methyl sites for hydroxylation is 2. The molecule has 0 radical (unpaired) electrons. The summed E-state index contributed by atoms with van der Waals surface area (Å²) in [4.78, 5) is 22.6. The van der Waals surface area contributed by atoms with Gasteiger partial charge in [0, 0.05) is 41.6 Å². The lowest BCUT2D eigenvalue weighted by Gasteiger charge is -2.52. The van der Waals surface area contributed by atoms with E-state index in [0.717, 1.165) is 55.9 Å². The fourth-order valence-corrected chi connectivity index (χ4v) is 6.11. The lowest BCUT2D eigenvalue weighted by atomic mass is 9.62. The van der Waals surface area contributed by atoms with Gasteiger partial charge < -0.3 is 15.2 Å². The molecule has 8 heteroatoms. The molecule has 3 aromatic heterocycles. The van der Waals surface area contributed by atoms with Crippen molar-refractivity contribution < 1.29 is 14.6 Å². The number of aliphatic hydroxyl groups is 1. The highest BCUT2D eigenvalue weighted by Crippen LogP contribution is 2.49. The first-order valence-electron chi connectivity index (χ1n) is 13.9. The zero-order valence-corrected chi connectivity index (χ0v) is 24.3. The Balaban J connectivity index is 1.47. The molecule has 0 aliphatic heterocycles. The largest absolute Gasteiger partial charge is 0.444 e. The van der Waals surface area contributed by atoms with Crippen LogP contribution in [0.3, 0.4) is 0 Å². The second-order valence-electron chi connectivity index (χ2n) is 12.5. The van der Waals surface area contributed by atoms with Crippen LogP contribution in [0.5, 0.6) is 0 Å². The van der Waals surface area contributed by atoms with E-state index in [-0.39, 0.29) is 0 Å². The van der Waals surface area contributed by atoms with Gasteiger partial charge in [0.2, 0.25) is 0 Å². The van der Waals surface area contributed by atoms with E-state index < -0.39 is 22.8 Å². The molecule has 5 aromatic rings. The van der Waals surface area contributed by atoms with Crippen LogP contribution in [0.2, 0.25) is 0 Å². The zero-order chi connectivity index (χ0) is 29.2. The summed E-state index contributed by atoms with van der Waals surface area (Å²) >= 11 is 0. The molecule has 8 nitrogen and oxygen atoms in total. The van der Waals surface area contributed by atoms with Gasteiger partial charge in [-0.2, -0.15) is 9.61 Å². The fourth-order valence-electron chi connectivity index (χ4n) is 6.11. The van der Waals surface area contributed by atoms with Gasteiger partial charge in [-0.25, -0.2) is 14.8 Å². The Morgan fingerprint density at radius 2 is 1.71 bits per heavy atom. The number of pyridine rings is 1. The van der Waals surface area contributed by atoms with E-state index in [1.54, 1.807) is 11.4 Å². The highest BCUT2D eigenvalue weighted by molar-refractivity contribution is 5.94. The summed E-state index contributed by atoms with van der Waals surface area (Å²) in [5.41, 5.74) is 6.01. The van der Waals surface area contributed by atoms with Gasteiger partial charge in [0.05, 0.1) is 22.5 Å². The maximum Gasteiger partial charge on any atom is 0.408 e. The molecule has 0 spiro atoms. The van der Waals surface area contributed by atoms with Gasteiger partial charge in [0.1, 0.15) is 5.60 Å². The van der Waals surface area contributed by atoms with Crippen LogP contribution in [0.25, 0.3) is 39.1 Å². The summed E-state index contributed by atoms with van der Waals surface area (Å²) in [5, 5.41) is 19.3. The number of hydrogen-bond acceptors (Lipinski definition) is 6. The van der Waals surface area contributed by atoms with E-state index >= 15 is 0 Å². The van der Waals surface area contributed by atoms with Crippen LogP contribution < -0.4 is 5.32 Å². The third-order valence-electron chi connectivity index (χ3n) is 7.69. The van der Waals surface area contributed by atoms with Gasteiger partial charge in [0.15, 0.2) is 11.3 Å². The number of alkyl carbamates (subject to hydrolysis) is 1. The van der Waals surface area contributed by atoms with Crippen molar-refractivity contribution in [3.63, 3.8) is 0 Å². The Morgan fingerprint density at radius 3 is 2.34 bits per heavy atom. The summed E-state index contributed by atoms with van der Waals surface area (Å²) < 4.78 is 7.36. The van der Waals surface area contributed by atoms with Gasteiger partial charge in [-0.05, 0) is 58.2 Å². The molecule has 6 rings (SSSR count). The second kappa shape index (κ2) is 9.38. The molecule has 0 saturated heterocycles. The Hall–Kier alpha value is -4.30. The molecule has 2 N–H and O–H groups in total. The van der Waals surface area contributed by atoms with E-state index in [1.165, 1.54) is 0 Å². The molecule has 0 bridgehead atoms. The molecular weight excluding hydrogens is 514 g/mol. The molecule has 1 amide bonds. The number of fused-ring (bicyclic) bond motifs is 3. The molecule has 3 heterocycles. The SMILES string of the molecule is Cc1cc2ncc3c(C)c(-c4ccccc4)c(-c4ccc([C@]5(NC(=O)OC(C)(C)C)C[C@](C)(O)C5)cc4)nc3n2n1. The van der Waals surface area contributed by atoms with Gasteiger partial charge in [0.25, 0.3) is 0 Å². The first-order valence-corrected chi connectivity index (χ1v) is 13.9. The predicted octanol–water partition coefficient (Wildman–Crippen LogP) is 6.49. The maximum atomic E-state index is 12.8. The molecule has 210 valence electrons. The number of carbonyl (C=O) groups is 1. The number of ether oxygens (including phenoxy) is 1. The molecule has 1 aliphatic carbocycles. The number of benzene rings is 2. The number of nitrogens with one attached hydrogen (secondary N) is 1. The van der Waals surface area contributed by atoms with Crippen molar-refractivity contribution in [1.29, 1.82) is 0 Å². The first-order chi connectivity index (χ1) is 19.3. The van der Waals surface area contributed by atoms with E-state index in [9.17, 15) is 9.90 Å². The van der Waals surface area contributed by atoms with E-state index in [2.05, 4.69) is 34.5 Å². The predicted molar refractivity (Wildman–Crippen MR) is 160 cm³/mol. The molecule has 2 aromatic carbocycles. The number of rotatable bonds is 4. The minimum Gasteiger partial charge on any atom is -0.444 e. The summed E-state index contributed by atoms with van der Waals surface area (Å²) in [6, 6.07) is 20.3. The standard InChI is InChI=1S/C33H35N5O3/c1-20-16-26-34-17-25-21(2)27(22-10-8-7-9-11-22)28(35-29(25)38(26)37-20)23-12-14-24(15-13-23)33(18-32(6,40)19-33)36-30(39)41-31(3,4)5/h7-17,40H,18-19H2,1-6H3,(H,36,39)/t32-,33-. The van der Waals surface area contributed by atoms with Crippen molar-refractivity contribution in [2.45, 2.75) is 71.1 Å². The third kappa shape index (κ3) is 4.93. The normalized spacial score (nSPS) is 20.7. The molecule has 0 atom stereocenters. The quantitative estimate of drug-likeness (QED) is 0.266. The average Bonchev–Trinajstić information content (AvgIpc) is 3.27. The van der Waals surface area contributed by atoms with Crippen molar-refractivity contribution in [2.75, 3.05) is 0 Å². The number of aromatic nitrogens is 4. The van der Waals surface area contributed by atoms with Crippen LogP contribution in [0, 0.1) is 13.8 Å². The van der Waals surface area contributed by atoms with Crippen molar-refractivity contribution in [3.8, 4) is 22.4 Å². The highest BCUT2D eigenvalue weighted by Gasteiger charge is 2.53. The smallest absolute Gasteiger partial charge is 0.408 e. The van der Waals surface area contributed by atoms with Crippen LogP contribution >= 0.6 is 0 Å². The molecule has 1 saturated carbocycles. The molecule has 0 unspecified atom stereocenters. The minimum atomic E-state index is -0.869. The lowest BCUT2D eigenvalue weighted by Crippen LogP contribution is -2.62. The van der Waals surface area contributed by atoms with Crippen molar-refractivity contribution in [3.05, 3.63) is 83.7 Å². The summed E-state index contributed by atoms with van der Waals surface area (Å²) in [5.74, 6) is 0. The number of nitrogens with zero attached hydrogens (tertiary/aromatic N) is 4. The highest BCUT2D eigenvalue weighted by atomic mass is 16.6. The summed E-state index contributed by atoms with van der Waals surface area (Å²) in [6.07, 6.45) is 2.17. The van der Waals surface area contributed by atoms with Crippen LogP contribution in [-0.4, -0.2) is 42.0 Å². The first kappa shape index (κ1) is 26.9. The van der Waals surface area contributed by atoms with Crippen LogP contribution in [0.4, 0.5) is 4.79 Å². The van der Waals surface area contributed by atoms with Gasteiger partial charge in [-0.1, -0.05) is 54.6 Å². The van der Waals surface area contributed by atoms with E-state index in [1.807, 2.05) is 82.4 Å². The Labute approximate surface area is 239 Å². The summed E-state index contributed by atoms with van der Waals surface area (Å²) in [6.45, 7) is 11.3. The van der Waals surface area contributed by atoms with E-state index in [4.69, 9.17) is 9.72 Å². The Morgan fingerprint density at radius 1 is 1.02 bits per heavy atom. The van der Waals surface area contributed by atoms with Crippen LogP contribution in [-0.2, 0) is 10.3 Å². The summed E-state index contributed by atoms with van der Waals surface area (Å²) in [7, 11) is 0. The molecule has 41 heavy (non-hydrogen) atoms. The van der Waals surface area contributed by atoms with Crippen LogP contribution in [0.15, 0.2) is 66.9 Å². The van der Waals surface area contributed by atoms with Crippen LogP contribution in [0.1, 0.15) is 57.4 Å². The number of amides is 1. The average molecular weight is 550 g/mol. The lowest BCUT2D eigenvalue weighted by molar-refractivity contribution is -0.0892. The van der Waals surface area contributed by atoms with Crippen molar-refractivity contribution in [2.24, 2.45) is 0 Å². The Bertz CT molecular complexity index is 1780.